The van der Waals surface area contributed by atoms with E-state index in [1.807, 2.05) is 61.7 Å². The first-order valence-corrected chi connectivity index (χ1v) is 10.6. The number of hydrogen-bond donors (Lipinski definition) is 1. The smallest absolute Gasteiger partial charge is 0.244 e. The number of rotatable bonds is 11. The lowest BCUT2D eigenvalue weighted by atomic mass is 10.1. The highest BCUT2D eigenvalue weighted by Gasteiger charge is 2.14. The fourth-order valence-corrected chi connectivity index (χ4v) is 3.18. The van der Waals surface area contributed by atoms with Gasteiger partial charge in [-0.2, -0.15) is 5.10 Å². The van der Waals surface area contributed by atoms with E-state index in [1.165, 1.54) is 6.08 Å². The van der Waals surface area contributed by atoms with Crippen LogP contribution in [-0.4, -0.2) is 49.7 Å². The van der Waals surface area contributed by atoms with Crippen LogP contribution in [0.3, 0.4) is 0 Å². The first-order valence-electron chi connectivity index (χ1n) is 10.6. The van der Waals surface area contributed by atoms with E-state index in [9.17, 15) is 4.79 Å². The van der Waals surface area contributed by atoms with Crippen molar-refractivity contribution >= 4 is 12.0 Å². The second-order valence-electron chi connectivity index (χ2n) is 6.96. The molecule has 0 bridgehead atoms. The molecule has 1 aromatic heterocycles. The van der Waals surface area contributed by atoms with E-state index in [4.69, 9.17) is 19.3 Å². The highest BCUT2D eigenvalue weighted by molar-refractivity contribution is 5.92. The SMILES string of the molecule is CCOCCCNC(=O)C=Cc1cn(-c2ccccc2)nc1-c1ccc(OC)c(OC)c1. The molecule has 1 heterocycles. The van der Waals surface area contributed by atoms with Crippen LogP contribution in [0, 0.1) is 0 Å². The Morgan fingerprint density at radius 3 is 2.59 bits per heavy atom. The van der Waals surface area contributed by atoms with Crippen LogP contribution in [0.4, 0.5) is 0 Å². The number of nitrogens with zero attached hydrogens (tertiary/aromatic N) is 2. The van der Waals surface area contributed by atoms with Crippen LogP contribution in [0.1, 0.15) is 18.9 Å². The van der Waals surface area contributed by atoms with Gasteiger partial charge in [0.15, 0.2) is 11.5 Å². The molecule has 0 aliphatic carbocycles. The summed E-state index contributed by atoms with van der Waals surface area (Å²) in [6.45, 7) is 3.83. The van der Waals surface area contributed by atoms with Gasteiger partial charge in [-0.3, -0.25) is 4.79 Å². The highest BCUT2D eigenvalue weighted by Crippen LogP contribution is 2.33. The van der Waals surface area contributed by atoms with Crippen LogP contribution >= 0.6 is 0 Å². The van der Waals surface area contributed by atoms with E-state index < -0.39 is 0 Å². The summed E-state index contributed by atoms with van der Waals surface area (Å²) in [5, 5.41) is 7.65. The number of nitrogens with one attached hydrogen (secondary N) is 1. The van der Waals surface area contributed by atoms with Crippen molar-refractivity contribution in [3.8, 4) is 28.4 Å². The maximum Gasteiger partial charge on any atom is 0.244 e. The molecule has 0 radical (unpaired) electrons. The minimum atomic E-state index is -0.160. The van der Waals surface area contributed by atoms with Gasteiger partial charge in [0, 0.05) is 43.2 Å². The molecule has 0 saturated carbocycles. The van der Waals surface area contributed by atoms with E-state index in [1.54, 1.807) is 25.0 Å². The zero-order valence-electron chi connectivity index (χ0n) is 18.7. The summed E-state index contributed by atoms with van der Waals surface area (Å²) in [6.07, 6.45) is 5.98. The second kappa shape index (κ2) is 11.7. The van der Waals surface area contributed by atoms with Crippen molar-refractivity contribution in [2.75, 3.05) is 34.0 Å². The van der Waals surface area contributed by atoms with Crippen molar-refractivity contribution in [1.29, 1.82) is 0 Å². The summed E-state index contributed by atoms with van der Waals surface area (Å²) in [5.74, 6) is 1.09. The first-order chi connectivity index (χ1) is 15.7. The molecule has 0 spiro atoms. The van der Waals surface area contributed by atoms with Crippen molar-refractivity contribution in [3.63, 3.8) is 0 Å². The molecule has 0 aliphatic rings. The van der Waals surface area contributed by atoms with Crippen molar-refractivity contribution in [2.24, 2.45) is 0 Å². The van der Waals surface area contributed by atoms with Gasteiger partial charge >= 0.3 is 0 Å². The number of para-hydroxylation sites is 1. The number of hydrogen-bond acceptors (Lipinski definition) is 5. The maximum atomic E-state index is 12.3. The predicted octanol–water partition coefficient (Wildman–Crippen LogP) is 4.11. The van der Waals surface area contributed by atoms with E-state index in [0.717, 1.165) is 28.9 Å². The zero-order chi connectivity index (χ0) is 22.8. The van der Waals surface area contributed by atoms with Gasteiger partial charge in [0.1, 0.15) is 5.69 Å². The van der Waals surface area contributed by atoms with Gasteiger partial charge < -0.3 is 19.5 Å². The van der Waals surface area contributed by atoms with E-state index >= 15 is 0 Å². The molecule has 32 heavy (non-hydrogen) atoms. The molecular weight excluding hydrogens is 406 g/mol. The molecule has 1 amide bonds. The average Bonchev–Trinajstić information content (AvgIpc) is 3.27. The lowest BCUT2D eigenvalue weighted by molar-refractivity contribution is -0.116. The Morgan fingerprint density at radius 2 is 1.88 bits per heavy atom. The molecule has 3 aromatic rings. The molecule has 168 valence electrons. The summed E-state index contributed by atoms with van der Waals surface area (Å²) in [5.41, 5.74) is 3.32. The minimum Gasteiger partial charge on any atom is -0.493 e. The number of aromatic nitrogens is 2. The summed E-state index contributed by atoms with van der Waals surface area (Å²) < 4.78 is 17.9. The quantitative estimate of drug-likeness (QED) is 0.362. The van der Waals surface area contributed by atoms with Crippen molar-refractivity contribution in [3.05, 3.63) is 66.4 Å². The van der Waals surface area contributed by atoms with E-state index in [0.29, 0.717) is 31.3 Å². The first kappa shape index (κ1) is 23.1. The molecule has 1 N–H and O–H groups in total. The molecule has 0 atom stereocenters. The summed E-state index contributed by atoms with van der Waals surface area (Å²) in [4.78, 5) is 12.3. The third kappa shape index (κ3) is 5.98. The number of carbonyl (C=O) groups excluding carboxylic acids is 1. The van der Waals surface area contributed by atoms with Gasteiger partial charge in [-0.1, -0.05) is 18.2 Å². The van der Waals surface area contributed by atoms with Gasteiger partial charge in [-0.25, -0.2) is 4.68 Å². The molecule has 3 rings (SSSR count). The lowest BCUT2D eigenvalue weighted by Gasteiger charge is -2.09. The Hall–Kier alpha value is -3.58. The monoisotopic (exact) mass is 435 g/mol. The molecular formula is C25H29N3O4. The van der Waals surface area contributed by atoms with Crippen LogP contribution in [0.2, 0.25) is 0 Å². The number of carbonyl (C=O) groups is 1. The van der Waals surface area contributed by atoms with Crippen molar-refractivity contribution in [2.45, 2.75) is 13.3 Å². The van der Waals surface area contributed by atoms with Gasteiger partial charge in [-0.05, 0) is 49.8 Å². The van der Waals surface area contributed by atoms with Crippen molar-refractivity contribution in [1.82, 2.24) is 15.1 Å². The standard InChI is InChI=1S/C25H29N3O4/c1-4-32-16-8-15-26-24(29)14-12-20-18-28(21-9-6-5-7-10-21)27-25(20)19-11-13-22(30-2)23(17-19)31-3/h5-7,9-14,17-18H,4,8,15-16H2,1-3H3,(H,26,29). The highest BCUT2D eigenvalue weighted by atomic mass is 16.5. The number of amides is 1. The predicted molar refractivity (Wildman–Crippen MR) is 125 cm³/mol. The van der Waals surface area contributed by atoms with Gasteiger partial charge in [-0.15, -0.1) is 0 Å². The van der Waals surface area contributed by atoms with Crippen LogP contribution in [0.5, 0.6) is 11.5 Å². The minimum absolute atomic E-state index is 0.160. The van der Waals surface area contributed by atoms with E-state index in [-0.39, 0.29) is 5.91 Å². The number of methoxy groups -OCH3 is 2. The van der Waals surface area contributed by atoms with Gasteiger partial charge in [0.05, 0.1) is 19.9 Å². The molecule has 0 aliphatic heterocycles. The lowest BCUT2D eigenvalue weighted by Crippen LogP contribution is -2.23. The third-order valence-corrected chi connectivity index (χ3v) is 4.80. The van der Waals surface area contributed by atoms with Crippen molar-refractivity contribution < 1.29 is 19.0 Å². The molecule has 0 fully saturated rings. The summed E-state index contributed by atoms with van der Waals surface area (Å²) in [6, 6.07) is 15.5. The zero-order valence-corrected chi connectivity index (χ0v) is 18.7. The molecule has 0 saturated heterocycles. The third-order valence-electron chi connectivity index (χ3n) is 4.80. The van der Waals surface area contributed by atoms with Crippen LogP contribution in [0.15, 0.2) is 60.8 Å². The summed E-state index contributed by atoms with van der Waals surface area (Å²) >= 11 is 0. The Bertz CT molecular complexity index is 1040. The van der Waals surface area contributed by atoms with E-state index in [2.05, 4.69) is 5.32 Å². The topological polar surface area (TPSA) is 74.6 Å². The van der Waals surface area contributed by atoms with Crippen LogP contribution in [0.25, 0.3) is 23.0 Å². The van der Waals surface area contributed by atoms with Crippen LogP contribution < -0.4 is 14.8 Å². The fourth-order valence-electron chi connectivity index (χ4n) is 3.18. The van der Waals surface area contributed by atoms with Gasteiger partial charge in [0.25, 0.3) is 0 Å². The molecule has 2 aromatic carbocycles. The molecule has 7 nitrogen and oxygen atoms in total. The number of benzene rings is 2. The molecule has 0 unspecified atom stereocenters. The Morgan fingerprint density at radius 1 is 1.09 bits per heavy atom. The average molecular weight is 436 g/mol. The largest absolute Gasteiger partial charge is 0.493 e. The second-order valence-corrected chi connectivity index (χ2v) is 6.96. The van der Waals surface area contributed by atoms with Crippen LogP contribution in [-0.2, 0) is 9.53 Å². The van der Waals surface area contributed by atoms with Gasteiger partial charge in [0.2, 0.25) is 5.91 Å². The molecule has 7 heteroatoms. The Labute approximate surface area is 188 Å². The number of ether oxygens (including phenoxy) is 3. The maximum absolute atomic E-state index is 12.3. The normalized spacial score (nSPS) is 11.0. The Kier molecular flexibility index (Phi) is 8.45. The Balaban J connectivity index is 1.87. The fraction of sp³-hybridized carbons (Fsp3) is 0.280. The summed E-state index contributed by atoms with van der Waals surface area (Å²) in [7, 11) is 3.20.